The Morgan fingerprint density at radius 3 is 2.26 bits per heavy atom. The van der Waals surface area contributed by atoms with Gasteiger partial charge in [-0.3, -0.25) is 9.09 Å². The van der Waals surface area contributed by atoms with Crippen LogP contribution < -0.4 is 4.99 Å². The Morgan fingerprint density at radius 1 is 0.943 bits per heavy atom. The Bertz CT molecular complexity index is 1070. The molecule has 0 fully saturated rings. The largest absolute Gasteiger partial charge is 0.469 e. The highest BCUT2D eigenvalue weighted by atomic mass is 31.2. The molecule has 10 nitrogen and oxygen atoms in total. The van der Waals surface area contributed by atoms with Gasteiger partial charge in [0.1, 0.15) is 6.10 Å². The van der Waals surface area contributed by atoms with Crippen LogP contribution in [0.15, 0.2) is 48.5 Å². The lowest BCUT2D eigenvalue weighted by molar-refractivity contribution is -0.344. The molecule has 1 aliphatic rings. The molecule has 0 radical (unpaired) electrons. The summed E-state index contributed by atoms with van der Waals surface area (Å²) in [5.74, 6) is -0.466. The molecule has 1 heterocycles. The molecule has 35 heavy (non-hydrogen) atoms. The number of fused-ring (bicyclic) bond motifs is 1. The zero-order valence-corrected chi connectivity index (χ0v) is 21.3. The van der Waals surface area contributed by atoms with Gasteiger partial charge in [-0.1, -0.05) is 48.9 Å². The highest BCUT2D eigenvalue weighted by Gasteiger charge is 2.35. The molecule has 0 unspecified atom stereocenters. The number of para-hydroxylation sites is 1. The number of hydrogen-bond acceptors (Lipinski definition) is 5. The number of aryl methyl sites for hydroxylation is 2. The Kier molecular flexibility index (Phi) is 11.4. The Balaban J connectivity index is 0.000000251. The van der Waals surface area contributed by atoms with Crippen LogP contribution in [-0.2, 0) is 20.1 Å². The first-order valence-electron chi connectivity index (χ1n) is 11.2. The average Bonchev–Trinajstić information content (AvgIpc) is 3.21. The number of nitrogens with one attached hydrogen (secondary N) is 1. The zero-order valence-electron chi connectivity index (χ0n) is 19.5. The molecular formula is C23H34NO9P2+. The first kappa shape index (κ1) is 29.5. The van der Waals surface area contributed by atoms with Crippen molar-refractivity contribution in [3.05, 3.63) is 65.2 Å². The van der Waals surface area contributed by atoms with Gasteiger partial charge >= 0.3 is 15.4 Å². The number of aliphatic hydroxyl groups is 2. The topological polar surface area (TPSA) is 179 Å². The fourth-order valence-electron chi connectivity index (χ4n) is 3.68. The minimum Gasteiger partial charge on any atom is -0.389 e. The minimum atomic E-state index is -4.65. The molecule has 3 atom stereocenters. The predicted octanol–water partition coefficient (Wildman–Crippen LogP) is 1.28. The molecular weight excluding hydrogens is 496 g/mol. The van der Waals surface area contributed by atoms with E-state index in [0.717, 1.165) is 30.5 Å². The number of rotatable bonds is 11. The molecule has 2 aromatic rings. The minimum absolute atomic E-state index is 0.0147. The second-order valence-corrected chi connectivity index (χ2v) is 11.4. The van der Waals surface area contributed by atoms with Gasteiger partial charge in [-0.05, 0) is 37.3 Å². The van der Waals surface area contributed by atoms with E-state index in [1.165, 1.54) is 11.1 Å². The number of benzene rings is 2. The van der Waals surface area contributed by atoms with Crippen LogP contribution in [0.4, 0.5) is 5.69 Å². The monoisotopic (exact) mass is 530 g/mol. The van der Waals surface area contributed by atoms with E-state index in [4.69, 9.17) is 19.6 Å². The third kappa shape index (κ3) is 10.8. The lowest BCUT2D eigenvalue weighted by Crippen LogP contribution is -2.59. The van der Waals surface area contributed by atoms with Crippen molar-refractivity contribution in [3.63, 3.8) is 0 Å². The average molecular weight is 530 g/mol. The summed E-state index contributed by atoms with van der Waals surface area (Å²) in [5.41, 5.74) is 4.26. The fraction of sp³-hybridized carbons (Fsp3) is 0.435. The highest BCUT2D eigenvalue weighted by Crippen LogP contribution is 2.37. The summed E-state index contributed by atoms with van der Waals surface area (Å²) in [6, 6.07) is 15.5. The SMILES string of the molecule is Cc1ccccc1CCCCCP(=O)(O)O.O=P(O)(O)OC[C@@H](O)[C@@H](O)[C@@H]1C=[NH+]c2ccccc21. The van der Waals surface area contributed by atoms with Gasteiger partial charge in [0, 0.05) is 17.8 Å². The standard InChI is InChI=1S/C12H19O3P.C11H14NO6P/c1-11-7-4-5-9-12(11)8-3-2-6-10-16(13,14)15;13-10(6-18-19(15,16)17)11(14)8-5-12-9-4-2-1-3-7(8)9/h4-5,7,9H,2-3,6,8,10H2,1H3,(H2,13,14,15);1-5,8,10-11,13-14H,6H2,(H2,15,16,17)/p+1/t;8-,10-,11+/m.1/s1. The van der Waals surface area contributed by atoms with Gasteiger partial charge < -0.3 is 29.8 Å². The maximum absolute atomic E-state index is 10.6. The third-order valence-electron chi connectivity index (χ3n) is 5.57. The van der Waals surface area contributed by atoms with Gasteiger partial charge in [0.25, 0.3) is 0 Å². The highest BCUT2D eigenvalue weighted by molar-refractivity contribution is 7.51. The molecule has 0 aliphatic carbocycles. The van der Waals surface area contributed by atoms with Crippen LogP contribution in [0.5, 0.6) is 0 Å². The van der Waals surface area contributed by atoms with Crippen LogP contribution in [0.2, 0.25) is 0 Å². The van der Waals surface area contributed by atoms with Gasteiger partial charge in [-0.2, -0.15) is 0 Å². The molecule has 7 N–H and O–H groups in total. The van der Waals surface area contributed by atoms with Crippen molar-refractivity contribution in [1.82, 2.24) is 0 Å². The second-order valence-electron chi connectivity index (χ2n) is 8.39. The second kappa shape index (κ2) is 13.6. The molecule has 0 spiro atoms. The molecule has 0 amide bonds. The summed E-state index contributed by atoms with van der Waals surface area (Å²) in [7, 11) is -8.44. The normalized spacial score (nSPS) is 16.8. The van der Waals surface area contributed by atoms with E-state index in [2.05, 4.69) is 28.6 Å². The van der Waals surface area contributed by atoms with E-state index < -0.39 is 40.2 Å². The van der Waals surface area contributed by atoms with E-state index in [1.807, 2.05) is 24.3 Å². The van der Waals surface area contributed by atoms with Crippen LogP contribution in [0.25, 0.3) is 0 Å². The van der Waals surface area contributed by atoms with Crippen molar-refractivity contribution in [3.8, 4) is 0 Å². The van der Waals surface area contributed by atoms with Crippen LogP contribution in [0.3, 0.4) is 0 Å². The van der Waals surface area contributed by atoms with E-state index in [-0.39, 0.29) is 6.16 Å². The Morgan fingerprint density at radius 2 is 1.60 bits per heavy atom. The Labute approximate surface area is 204 Å². The molecule has 1 aliphatic heterocycles. The molecule has 0 saturated heterocycles. The molecule has 12 heteroatoms. The molecule has 0 bridgehead atoms. The van der Waals surface area contributed by atoms with Crippen molar-refractivity contribution >= 4 is 27.3 Å². The van der Waals surface area contributed by atoms with Crippen molar-refractivity contribution in [2.45, 2.75) is 50.7 Å². The number of aliphatic hydroxyl groups excluding tert-OH is 2. The van der Waals surface area contributed by atoms with Crippen LogP contribution in [0, 0.1) is 6.92 Å². The van der Waals surface area contributed by atoms with Crippen molar-refractivity contribution in [2.24, 2.45) is 0 Å². The maximum atomic E-state index is 10.6. The summed E-state index contributed by atoms with van der Waals surface area (Å²) in [6.45, 7) is 1.45. The fourth-order valence-corrected chi connectivity index (χ4v) is 4.67. The van der Waals surface area contributed by atoms with Crippen LogP contribution in [-0.4, -0.2) is 61.0 Å². The third-order valence-corrected chi connectivity index (χ3v) is 6.95. The van der Waals surface area contributed by atoms with Gasteiger partial charge in [-0.15, -0.1) is 0 Å². The summed E-state index contributed by atoms with van der Waals surface area (Å²) in [4.78, 5) is 37.4. The first-order valence-corrected chi connectivity index (χ1v) is 14.5. The molecule has 0 saturated carbocycles. The van der Waals surface area contributed by atoms with E-state index in [1.54, 1.807) is 18.3 Å². The number of phosphoric ester groups is 1. The summed E-state index contributed by atoms with van der Waals surface area (Å²) < 4.78 is 25.3. The van der Waals surface area contributed by atoms with Crippen LogP contribution >= 0.6 is 15.4 Å². The van der Waals surface area contributed by atoms with Gasteiger partial charge in [0.15, 0.2) is 6.21 Å². The number of hydrogen-bond donors (Lipinski definition) is 7. The van der Waals surface area contributed by atoms with Crippen molar-refractivity contribution in [1.29, 1.82) is 0 Å². The van der Waals surface area contributed by atoms with E-state index in [9.17, 15) is 19.3 Å². The van der Waals surface area contributed by atoms with E-state index in [0.29, 0.717) is 6.42 Å². The quantitative estimate of drug-likeness (QED) is 0.166. The summed E-state index contributed by atoms with van der Waals surface area (Å²) >= 11 is 0. The lowest BCUT2D eigenvalue weighted by atomic mass is 9.92. The van der Waals surface area contributed by atoms with Gasteiger partial charge in [-0.25, -0.2) is 9.56 Å². The van der Waals surface area contributed by atoms with Crippen molar-refractivity contribution < 1.29 is 48.4 Å². The first-order chi connectivity index (χ1) is 16.4. The van der Waals surface area contributed by atoms with Crippen LogP contribution in [0.1, 0.15) is 41.9 Å². The lowest BCUT2D eigenvalue weighted by Gasteiger charge is -2.20. The zero-order chi connectivity index (χ0) is 26.1. The summed E-state index contributed by atoms with van der Waals surface area (Å²) in [5, 5.41) is 19.7. The number of phosphoric acid groups is 1. The number of unbranched alkanes of at least 4 members (excludes halogenated alkanes) is 2. The summed E-state index contributed by atoms with van der Waals surface area (Å²) in [6.07, 6.45) is 2.48. The predicted molar refractivity (Wildman–Crippen MR) is 132 cm³/mol. The van der Waals surface area contributed by atoms with Gasteiger partial charge in [0.05, 0.1) is 18.6 Å². The molecule has 3 rings (SSSR count). The maximum Gasteiger partial charge on any atom is 0.469 e. The van der Waals surface area contributed by atoms with Crippen molar-refractivity contribution in [2.75, 3.05) is 12.8 Å². The van der Waals surface area contributed by atoms with Gasteiger partial charge in [0.2, 0.25) is 5.69 Å². The van der Waals surface area contributed by atoms with E-state index >= 15 is 0 Å². The molecule has 0 aromatic heterocycles. The molecule has 194 valence electrons. The Hall–Kier alpha value is -1.71. The smallest absolute Gasteiger partial charge is 0.389 e. The molecule has 2 aromatic carbocycles.